The van der Waals surface area contributed by atoms with Crippen molar-refractivity contribution in [3.63, 3.8) is 0 Å². The number of hydrogen-bond acceptors (Lipinski definition) is 3. The number of aryl methyl sites for hydroxylation is 1. The molecule has 1 fully saturated rings. The normalized spacial score (nSPS) is 21.4. The summed E-state index contributed by atoms with van der Waals surface area (Å²) in [6.07, 6.45) is 2.27. The summed E-state index contributed by atoms with van der Waals surface area (Å²) in [5.41, 5.74) is 0.637. The lowest BCUT2D eigenvalue weighted by Gasteiger charge is -2.23. The van der Waals surface area contributed by atoms with Gasteiger partial charge in [0.05, 0.1) is 7.11 Å². The predicted octanol–water partition coefficient (Wildman–Crippen LogP) is 2.35. The summed E-state index contributed by atoms with van der Waals surface area (Å²) >= 11 is 0. The van der Waals surface area contributed by atoms with E-state index in [0.717, 1.165) is 16.9 Å². The number of urea groups is 1. The van der Waals surface area contributed by atoms with Crippen LogP contribution < -0.4 is 10.1 Å². The minimum Gasteiger partial charge on any atom is -0.496 e. The molecular formula is C16H20N2O3. The lowest BCUT2D eigenvalue weighted by molar-refractivity contribution is -0.131. The van der Waals surface area contributed by atoms with E-state index < -0.39 is 5.54 Å². The molecule has 1 atom stereocenters. The van der Waals surface area contributed by atoms with Gasteiger partial charge in [-0.25, -0.2) is 4.79 Å². The van der Waals surface area contributed by atoms with Crippen molar-refractivity contribution in [2.75, 3.05) is 13.7 Å². The van der Waals surface area contributed by atoms with Gasteiger partial charge in [-0.05, 0) is 43.5 Å². The molecule has 1 unspecified atom stereocenters. The Balaban J connectivity index is 2.34. The van der Waals surface area contributed by atoms with E-state index in [4.69, 9.17) is 4.74 Å². The molecule has 5 nitrogen and oxygen atoms in total. The number of nitrogens with zero attached hydrogens (tertiary/aromatic N) is 1. The zero-order valence-corrected chi connectivity index (χ0v) is 12.6. The smallest absolute Gasteiger partial charge is 0.325 e. The lowest BCUT2D eigenvalue weighted by atomic mass is 9.90. The van der Waals surface area contributed by atoms with Crippen LogP contribution in [0.4, 0.5) is 4.79 Å². The second kappa shape index (κ2) is 5.60. The van der Waals surface area contributed by atoms with Crippen LogP contribution in [0.5, 0.6) is 5.75 Å². The highest BCUT2D eigenvalue weighted by Gasteiger charge is 2.48. The van der Waals surface area contributed by atoms with Gasteiger partial charge in [0.15, 0.2) is 0 Å². The second-order valence-corrected chi connectivity index (χ2v) is 5.27. The molecule has 2 rings (SSSR count). The van der Waals surface area contributed by atoms with Crippen LogP contribution in [0, 0.1) is 6.92 Å². The number of rotatable bonds is 5. The number of benzene rings is 1. The first-order chi connectivity index (χ1) is 9.93. The Kier molecular flexibility index (Phi) is 4.02. The fourth-order valence-electron chi connectivity index (χ4n) is 2.51. The minimum absolute atomic E-state index is 0.237. The van der Waals surface area contributed by atoms with Crippen molar-refractivity contribution in [3.8, 4) is 5.75 Å². The van der Waals surface area contributed by atoms with Crippen LogP contribution in [0.3, 0.4) is 0 Å². The maximum absolute atomic E-state index is 12.6. The highest BCUT2D eigenvalue weighted by Crippen LogP contribution is 2.31. The molecule has 0 radical (unpaired) electrons. The van der Waals surface area contributed by atoms with Gasteiger partial charge < -0.3 is 10.1 Å². The Bertz CT molecular complexity index is 597. The summed E-state index contributed by atoms with van der Waals surface area (Å²) in [7, 11) is 1.60. The van der Waals surface area contributed by atoms with Crippen LogP contribution in [-0.4, -0.2) is 30.5 Å². The van der Waals surface area contributed by atoms with Gasteiger partial charge in [0.1, 0.15) is 11.3 Å². The zero-order valence-electron chi connectivity index (χ0n) is 12.6. The third kappa shape index (κ3) is 2.51. The highest BCUT2D eigenvalue weighted by atomic mass is 16.5. The largest absolute Gasteiger partial charge is 0.496 e. The molecule has 21 heavy (non-hydrogen) atoms. The van der Waals surface area contributed by atoms with Crippen LogP contribution in [-0.2, 0) is 10.3 Å². The molecule has 1 saturated heterocycles. The average Bonchev–Trinajstić information content (AvgIpc) is 2.68. The van der Waals surface area contributed by atoms with E-state index in [-0.39, 0.29) is 11.9 Å². The number of amides is 3. The van der Waals surface area contributed by atoms with Gasteiger partial charge in [-0.2, -0.15) is 0 Å². The molecule has 5 heteroatoms. The molecule has 1 N–H and O–H groups in total. The van der Waals surface area contributed by atoms with Crippen molar-refractivity contribution < 1.29 is 14.3 Å². The summed E-state index contributed by atoms with van der Waals surface area (Å²) in [4.78, 5) is 25.8. The molecule has 1 aromatic carbocycles. The van der Waals surface area contributed by atoms with Crippen molar-refractivity contribution in [3.05, 3.63) is 42.0 Å². The Hall–Kier alpha value is -2.30. The number of methoxy groups -OCH3 is 1. The Morgan fingerprint density at radius 3 is 2.71 bits per heavy atom. The summed E-state index contributed by atoms with van der Waals surface area (Å²) in [5, 5.41) is 2.78. The molecular weight excluding hydrogens is 268 g/mol. The van der Waals surface area contributed by atoms with Gasteiger partial charge in [0.25, 0.3) is 5.91 Å². The number of carbonyl (C=O) groups is 2. The van der Waals surface area contributed by atoms with Crippen molar-refractivity contribution in [1.29, 1.82) is 0 Å². The first-order valence-corrected chi connectivity index (χ1v) is 6.84. The first-order valence-electron chi connectivity index (χ1n) is 6.84. The third-order valence-corrected chi connectivity index (χ3v) is 3.80. The predicted molar refractivity (Wildman–Crippen MR) is 80.1 cm³/mol. The standard InChI is InChI=1S/C16H20N2O3/c1-5-6-9-18-14(19)16(3,17-15(18)20)12-7-8-13(21-4)11(2)10-12/h5,7-8,10H,1,6,9H2,2-4H3,(H,17,20). The van der Waals surface area contributed by atoms with E-state index in [2.05, 4.69) is 11.9 Å². The van der Waals surface area contributed by atoms with Gasteiger partial charge in [0.2, 0.25) is 0 Å². The lowest BCUT2D eigenvalue weighted by Crippen LogP contribution is -2.41. The summed E-state index contributed by atoms with van der Waals surface area (Å²) in [5.74, 6) is 0.515. The van der Waals surface area contributed by atoms with Crippen LogP contribution in [0.15, 0.2) is 30.9 Å². The summed E-state index contributed by atoms with van der Waals surface area (Å²) < 4.78 is 5.22. The first kappa shape index (κ1) is 15.1. The fourth-order valence-corrected chi connectivity index (χ4v) is 2.51. The van der Waals surface area contributed by atoms with Crippen molar-refractivity contribution >= 4 is 11.9 Å². The number of carbonyl (C=O) groups excluding carboxylic acids is 2. The molecule has 0 spiro atoms. The molecule has 112 valence electrons. The third-order valence-electron chi connectivity index (χ3n) is 3.80. The Labute approximate surface area is 124 Å². The molecule has 3 amide bonds. The second-order valence-electron chi connectivity index (χ2n) is 5.27. The highest BCUT2D eigenvalue weighted by molar-refractivity contribution is 6.07. The maximum atomic E-state index is 12.6. The average molecular weight is 288 g/mol. The molecule has 1 aliphatic rings. The molecule has 1 aromatic rings. The molecule has 1 aliphatic heterocycles. The van der Waals surface area contributed by atoms with Gasteiger partial charge in [0, 0.05) is 6.54 Å². The monoisotopic (exact) mass is 288 g/mol. The van der Waals surface area contributed by atoms with Crippen LogP contribution >= 0.6 is 0 Å². The molecule has 0 bridgehead atoms. The Morgan fingerprint density at radius 1 is 1.43 bits per heavy atom. The van der Waals surface area contributed by atoms with E-state index in [1.165, 1.54) is 4.90 Å². The molecule has 0 aliphatic carbocycles. The topological polar surface area (TPSA) is 58.6 Å². The number of nitrogens with one attached hydrogen (secondary N) is 1. The van der Waals surface area contributed by atoms with Crippen molar-refractivity contribution in [2.24, 2.45) is 0 Å². The molecule has 0 aromatic heterocycles. The molecule has 1 heterocycles. The summed E-state index contributed by atoms with van der Waals surface area (Å²) in [6, 6.07) is 5.12. The number of hydrogen-bond donors (Lipinski definition) is 1. The van der Waals surface area contributed by atoms with Crippen LogP contribution in [0.1, 0.15) is 24.5 Å². The Morgan fingerprint density at radius 2 is 2.14 bits per heavy atom. The van der Waals surface area contributed by atoms with E-state index >= 15 is 0 Å². The van der Waals surface area contributed by atoms with E-state index in [1.54, 1.807) is 26.2 Å². The number of ether oxygens (including phenoxy) is 1. The van der Waals surface area contributed by atoms with E-state index in [0.29, 0.717) is 13.0 Å². The van der Waals surface area contributed by atoms with Crippen LogP contribution in [0.25, 0.3) is 0 Å². The number of imide groups is 1. The molecule has 0 saturated carbocycles. The van der Waals surface area contributed by atoms with Gasteiger partial charge in [-0.3, -0.25) is 9.69 Å². The van der Waals surface area contributed by atoms with Crippen LogP contribution in [0.2, 0.25) is 0 Å². The zero-order chi connectivity index (χ0) is 15.6. The van der Waals surface area contributed by atoms with Gasteiger partial charge in [-0.15, -0.1) is 6.58 Å². The van der Waals surface area contributed by atoms with E-state index in [1.807, 2.05) is 19.1 Å². The fraction of sp³-hybridized carbons (Fsp3) is 0.375. The van der Waals surface area contributed by atoms with Gasteiger partial charge in [-0.1, -0.05) is 12.1 Å². The minimum atomic E-state index is -1.03. The van der Waals surface area contributed by atoms with E-state index in [9.17, 15) is 9.59 Å². The maximum Gasteiger partial charge on any atom is 0.325 e. The summed E-state index contributed by atoms with van der Waals surface area (Å²) in [6.45, 7) is 7.59. The van der Waals surface area contributed by atoms with Crippen molar-refractivity contribution in [1.82, 2.24) is 10.2 Å². The quantitative estimate of drug-likeness (QED) is 0.668. The SMILES string of the molecule is C=CCCN1C(=O)NC(C)(c2ccc(OC)c(C)c2)C1=O. The van der Waals surface area contributed by atoms with Crippen molar-refractivity contribution in [2.45, 2.75) is 25.8 Å². The van der Waals surface area contributed by atoms with Gasteiger partial charge >= 0.3 is 6.03 Å².